The zero-order valence-corrected chi connectivity index (χ0v) is 17.7. The van der Waals surface area contributed by atoms with E-state index in [0.717, 1.165) is 37.6 Å². The Balaban J connectivity index is 1.96. The third kappa shape index (κ3) is 6.36. The molecule has 2 heterocycles. The van der Waals surface area contributed by atoms with Crippen molar-refractivity contribution in [3.8, 4) is 0 Å². The molecular weight excluding hydrogens is 476 g/mol. The zero-order valence-electron chi connectivity index (χ0n) is 13.8. The second kappa shape index (κ2) is 10.3. The molecule has 1 aliphatic rings. The second-order valence-corrected chi connectivity index (χ2v) is 8.14. The van der Waals surface area contributed by atoms with Crippen LogP contribution in [0.2, 0.25) is 0 Å². The first-order valence-electron chi connectivity index (χ1n) is 7.70. The van der Waals surface area contributed by atoms with Gasteiger partial charge in [0.2, 0.25) is 12.0 Å². The Kier molecular flexibility index (Phi) is 8.35. The summed E-state index contributed by atoms with van der Waals surface area (Å²) in [6.45, 7) is 5.84. The van der Waals surface area contributed by atoms with Crippen molar-refractivity contribution in [1.82, 2.24) is 19.6 Å². The van der Waals surface area contributed by atoms with Crippen LogP contribution in [0.1, 0.15) is 12.6 Å². The van der Waals surface area contributed by atoms with Crippen LogP contribution in [0, 0.1) is 0 Å². The van der Waals surface area contributed by atoms with Crippen molar-refractivity contribution in [3.63, 3.8) is 0 Å². The quantitative estimate of drug-likeness (QED) is 0.207. The molecule has 1 amide bonds. The Hall–Kier alpha value is -0.960. The molecular formula is C15H20ClIN5O2P. The highest BCUT2D eigenvalue weighted by molar-refractivity contribution is 14.2. The number of H-pyrrole nitrogens is 1. The molecule has 1 aromatic heterocycles. The van der Waals surface area contributed by atoms with E-state index in [1.165, 1.54) is 10.8 Å². The lowest BCUT2D eigenvalue weighted by atomic mass is 10.2. The minimum atomic E-state index is -0.0777. The summed E-state index contributed by atoms with van der Waals surface area (Å²) in [6.07, 6.45) is 2.59. The lowest BCUT2D eigenvalue weighted by Gasteiger charge is -2.36. The number of hydrazone groups is 1. The summed E-state index contributed by atoms with van der Waals surface area (Å²) in [6, 6.07) is 5.21. The van der Waals surface area contributed by atoms with Crippen LogP contribution in [-0.2, 0) is 11.3 Å². The Labute approximate surface area is 166 Å². The Morgan fingerprint density at radius 3 is 2.72 bits per heavy atom. The molecule has 0 spiro atoms. The average molecular weight is 496 g/mol. The van der Waals surface area contributed by atoms with Crippen LogP contribution in [0.25, 0.3) is 0 Å². The zero-order chi connectivity index (χ0) is 18.2. The van der Waals surface area contributed by atoms with E-state index in [9.17, 15) is 9.59 Å². The molecule has 1 saturated heterocycles. The van der Waals surface area contributed by atoms with Crippen LogP contribution in [0.4, 0.5) is 0 Å². The normalized spacial score (nSPS) is 17.3. The maximum atomic E-state index is 11.4. The van der Waals surface area contributed by atoms with Crippen molar-refractivity contribution in [2.45, 2.75) is 13.5 Å². The van der Waals surface area contributed by atoms with Crippen molar-refractivity contribution in [3.05, 3.63) is 45.0 Å². The minimum Gasteiger partial charge on any atom is -0.367 e. The van der Waals surface area contributed by atoms with Crippen LogP contribution in [-0.4, -0.2) is 58.4 Å². The molecule has 7 nitrogen and oxygen atoms in total. The van der Waals surface area contributed by atoms with Gasteiger partial charge in [-0.2, -0.15) is 5.10 Å². The predicted molar refractivity (Wildman–Crippen MR) is 111 cm³/mol. The SMILES string of the molecule is C/C(Cl)=C(\C=N/N(C=O)PI)N1CCN(Cc2cccc(=O)[nH]2)CC1. The van der Waals surface area contributed by atoms with Crippen LogP contribution in [0.15, 0.2) is 38.8 Å². The molecule has 1 fully saturated rings. The lowest BCUT2D eigenvalue weighted by Crippen LogP contribution is -2.46. The van der Waals surface area contributed by atoms with Gasteiger partial charge in [0.25, 0.3) is 0 Å². The van der Waals surface area contributed by atoms with Gasteiger partial charge < -0.3 is 9.88 Å². The monoisotopic (exact) mass is 495 g/mol. The minimum absolute atomic E-state index is 0.0777. The highest BCUT2D eigenvalue weighted by Crippen LogP contribution is 2.25. The fourth-order valence-electron chi connectivity index (χ4n) is 2.55. The van der Waals surface area contributed by atoms with E-state index in [4.69, 9.17) is 11.6 Å². The highest BCUT2D eigenvalue weighted by Gasteiger charge is 2.19. The van der Waals surface area contributed by atoms with E-state index >= 15 is 0 Å². The molecule has 1 aliphatic heterocycles. The number of carbonyl (C=O) groups is 1. The molecule has 10 heteroatoms. The summed E-state index contributed by atoms with van der Waals surface area (Å²) in [5.74, 6) is 0. The number of carbonyl (C=O) groups excluding carboxylic acids is 1. The number of nitrogens with zero attached hydrogens (tertiary/aromatic N) is 4. The first-order chi connectivity index (χ1) is 12.0. The van der Waals surface area contributed by atoms with Crippen molar-refractivity contribution in [1.29, 1.82) is 0 Å². The van der Waals surface area contributed by atoms with Gasteiger partial charge in [-0.05, 0) is 35.0 Å². The molecule has 1 atom stereocenters. The number of piperazine rings is 1. The third-order valence-corrected chi connectivity index (χ3v) is 5.85. The number of halogens is 2. The lowest BCUT2D eigenvalue weighted by molar-refractivity contribution is -0.113. The van der Waals surface area contributed by atoms with Gasteiger partial charge in [0, 0.05) is 49.5 Å². The van der Waals surface area contributed by atoms with Crippen LogP contribution in [0.3, 0.4) is 0 Å². The smallest absolute Gasteiger partial charge is 0.248 e. The molecule has 25 heavy (non-hydrogen) atoms. The maximum Gasteiger partial charge on any atom is 0.248 e. The van der Waals surface area contributed by atoms with E-state index < -0.39 is 0 Å². The van der Waals surface area contributed by atoms with Gasteiger partial charge >= 0.3 is 0 Å². The van der Waals surface area contributed by atoms with Gasteiger partial charge in [-0.15, -0.1) is 0 Å². The van der Waals surface area contributed by atoms with Crippen molar-refractivity contribution >= 4 is 52.6 Å². The molecule has 0 saturated carbocycles. The summed E-state index contributed by atoms with van der Waals surface area (Å²) < 4.78 is 1.34. The fourth-order valence-corrected chi connectivity index (χ4v) is 3.57. The fraction of sp³-hybridized carbons (Fsp3) is 0.400. The van der Waals surface area contributed by atoms with Crippen molar-refractivity contribution < 1.29 is 4.79 Å². The van der Waals surface area contributed by atoms with E-state index in [2.05, 4.69) is 41.9 Å². The average Bonchev–Trinajstić information content (AvgIpc) is 2.60. The maximum absolute atomic E-state index is 11.4. The van der Waals surface area contributed by atoms with Crippen LogP contribution in [0.5, 0.6) is 0 Å². The summed E-state index contributed by atoms with van der Waals surface area (Å²) in [5, 5.41) is 4.81. The van der Waals surface area contributed by atoms with E-state index in [-0.39, 0.29) is 11.9 Å². The first-order valence-corrected chi connectivity index (χ1v) is 12.1. The van der Waals surface area contributed by atoms with Gasteiger partial charge in [-0.25, -0.2) is 4.78 Å². The second-order valence-electron chi connectivity index (χ2n) is 5.50. The number of aromatic amines is 1. The van der Waals surface area contributed by atoms with Gasteiger partial charge in [0.1, 0.15) is 0 Å². The number of pyridine rings is 1. The van der Waals surface area contributed by atoms with Crippen LogP contribution >= 0.6 is 40.0 Å². The molecule has 0 aliphatic carbocycles. The molecule has 1 aromatic rings. The highest BCUT2D eigenvalue weighted by atomic mass is 127. The van der Waals surface area contributed by atoms with Gasteiger partial charge in [-0.1, -0.05) is 17.7 Å². The molecule has 2 rings (SSSR count). The summed E-state index contributed by atoms with van der Waals surface area (Å²) in [5.41, 5.74) is 1.67. The number of rotatable bonds is 7. The number of hydrogen-bond donors (Lipinski definition) is 1. The number of amides is 1. The number of aromatic nitrogens is 1. The van der Waals surface area contributed by atoms with E-state index in [1.807, 2.05) is 13.0 Å². The largest absolute Gasteiger partial charge is 0.367 e. The Morgan fingerprint density at radius 2 is 2.16 bits per heavy atom. The molecule has 136 valence electrons. The summed E-state index contributed by atoms with van der Waals surface area (Å²) in [7, 11) is 0. The van der Waals surface area contributed by atoms with Gasteiger partial charge in [0.15, 0.2) is 0 Å². The van der Waals surface area contributed by atoms with Crippen LogP contribution < -0.4 is 5.56 Å². The molecule has 0 aromatic carbocycles. The Bertz CT molecular complexity index is 699. The van der Waals surface area contributed by atoms with E-state index in [1.54, 1.807) is 12.3 Å². The molecule has 0 radical (unpaired) electrons. The first kappa shape index (κ1) is 20.4. The van der Waals surface area contributed by atoms with Gasteiger partial charge in [-0.3, -0.25) is 14.5 Å². The number of hydrogen-bond acceptors (Lipinski definition) is 5. The van der Waals surface area contributed by atoms with Crippen molar-refractivity contribution in [2.24, 2.45) is 5.10 Å². The standard InChI is InChI=1S/C15H20ClIN5O2P/c1-12(16)14(9-18-22(11-23)25-17)21-7-5-20(6-8-21)10-13-3-2-4-15(24)19-13/h2-4,9,11,25H,5-8,10H2,1H3,(H,19,24)/b14-12-,18-9-. The number of allylic oxidation sites excluding steroid dienone is 2. The summed E-state index contributed by atoms with van der Waals surface area (Å²) >= 11 is 8.32. The molecule has 1 unspecified atom stereocenters. The molecule has 1 N–H and O–H groups in total. The van der Waals surface area contributed by atoms with Gasteiger partial charge in [0.05, 0.1) is 18.3 Å². The Morgan fingerprint density at radius 1 is 1.44 bits per heavy atom. The predicted octanol–water partition coefficient (Wildman–Crippen LogP) is 2.35. The molecule has 0 bridgehead atoms. The summed E-state index contributed by atoms with van der Waals surface area (Å²) in [4.78, 5) is 29.5. The third-order valence-electron chi connectivity index (χ3n) is 3.78. The van der Waals surface area contributed by atoms with E-state index in [0.29, 0.717) is 18.0 Å². The topological polar surface area (TPSA) is 72.0 Å². The number of nitrogens with one attached hydrogen (secondary N) is 1. The van der Waals surface area contributed by atoms with Crippen molar-refractivity contribution in [2.75, 3.05) is 26.2 Å².